The van der Waals surface area contributed by atoms with Gasteiger partial charge in [-0.05, 0) is 32.7 Å². The molecule has 84 valence electrons. The number of rotatable bonds is 4. The predicted octanol–water partition coefficient (Wildman–Crippen LogP) is 2.23. The van der Waals surface area contributed by atoms with E-state index >= 15 is 0 Å². The molecule has 0 aromatic heterocycles. The standard InChI is InChI=1S/C12H26N2/c1-10(2)11(3)14(4)12(9-13)7-5-6-8-12/h10-11H,5-9,13H2,1-4H3. The van der Waals surface area contributed by atoms with E-state index in [-0.39, 0.29) is 0 Å². The second-order valence-electron chi connectivity index (χ2n) is 5.23. The summed E-state index contributed by atoms with van der Waals surface area (Å²) in [6.45, 7) is 7.72. The molecule has 0 amide bonds. The molecule has 0 radical (unpaired) electrons. The molecule has 2 heteroatoms. The van der Waals surface area contributed by atoms with Gasteiger partial charge in [0.25, 0.3) is 0 Å². The summed E-state index contributed by atoms with van der Waals surface area (Å²) in [5.74, 6) is 0.712. The molecule has 1 fully saturated rings. The number of nitrogens with two attached hydrogens (primary N) is 1. The molecule has 0 spiro atoms. The maximum absolute atomic E-state index is 5.97. The van der Waals surface area contributed by atoms with Gasteiger partial charge in [0.15, 0.2) is 0 Å². The average molecular weight is 198 g/mol. The van der Waals surface area contributed by atoms with Gasteiger partial charge in [-0.25, -0.2) is 0 Å². The lowest BCUT2D eigenvalue weighted by atomic mass is 9.91. The van der Waals surface area contributed by atoms with Crippen molar-refractivity contribution < 1.29 is 0 Å². The number of likely N-dealkylation sites (N-methyl/N-ethyl adjacent to an activating group) is 1. The third kappa shape index (κ3) is 2.12. The fourth-order valence-corrected chi connectivity index (χ4v) is 2.61. The van der Waals surface area contributed by atoms with Gasteiger partial charge in [0.2, 0.25) is 0 Å². The zero-order valence-corrected chi connectivity index (χ0v) is 10.2. The molecule has 0 heterocycles. The van der Waals surface area contributed by atoms with Crippen molar-refractivity contribution in [2.45, 2.75) is 58.0 Å². The Bertz CT molecular complexity index is 171. The maximum atomic E-state index is 5.97. The SMILES string of the molecule is CC(C)C(C)N(C)C1(CN)CCCC1. The van der Waals surface area contributed by atoms with Crippen LogP contribution in [0.5, 0.6) is 0 Å². The summed E-state index contributed by atoms with van der Waals surface area (Å²) in [5, 5.41) is 0. The van der Waals surface area contributed by atoms with Crippen LogP contribution in [0.25, 0.3) is 0 Å². The average Bonchev–Trinajstić information content (AvgIpc) is 2.64. The fourth-order valence-electron chi connectivity index (χ4n) is 2.61. The number of hydrogen-bond donors (Lipinski definition) is 1. The van der Waals surface area contributed by atoms with Crippen LogP contribution < -0.4 is 5.73 Å². The molecule has 14 heavy (non-hydrogen) atoms. The van der Waals surface area contributed by atoms with Crippen molar-refractivity contribution in [2.75, 3.05) is 13.6 Å². The Kier molecular flexibility index (Phi) is 3.96. The van der Waals surface area contributed by atoms with E-state index in [1.165, 1.54) is 25.7 Å². The van der Waals surface area contributed by atoms with Crippen LogP contribution in [0.3, 0.4) is 0 Å². The Balaban J connectivity index is 2.68. The fraction of sp³-hybridized carbons (Fsp3) is 1.00. The molecular formula is C12H26N2. The molecule has 2 N–H and O–H groups in total. The molecule has 1 atom stereocenters. The third-order valence-electron chi connectivity index (χ3n) is 4.24. The molecule has 0 saturated heterocycles. The largest absolute Gasteiger partial charge is 0.329 e. The van der Waals surface area contributed by atoms with Crippen LogP contribution >= 0.6 is 0 Å². The first-order valence-corrected chi connectivity index (χ1v) is 5.96. The lowest BCUT2D eigenvalue weighted by Gasteiger charge is -2.43. The third-order valence-corrected chi connectivity index (χ3v) is 4.24. The van der Waals surface area contributed by atoms with E-state index in [2.05, 4.69) is 32.7 Å². The van der Waals surface area contributed by atoms with Crippen molar-refractivity contribution in [3.05, 3.63) is 0 Å². The molecule has 1 aliphatic rings. The van der Waals surface area contributed by atoms with Crippen molar-refractivity contribution in [1.29, 1.82) is 0 Å². The Morgan fingerprint density at radius 1 is 1.21 bits per heavy atom. The smallest absolute Gasteiger partial charge is 0.0331 e. The zero-order valence-electron chi connectivity index (χ0n) is 10.2. The summed E-state index contributed by atoms with van der Waals surface area (Å²) in [7, 11) is 2.25. The van der Waals surface area contributed by atoms with Gasteiger partial charge in [-0.3, -0.25) is 4.90 Å². The monoisotopic (exact) mass is 198 g/mol. The summed E-state index contributed by atoms with van der Waals surface area (Å²) >= 11 is 0. The number of hydrogen-bond acceptors (Lipinski definition) is 2. The van der Waals surface area contributed by atoms with Gasteiger partial charge < -0.3 is 5.73 Å². The minimum Gasteiger partial charge on any atom is -0.329 e. The molecule has 0 aliphatic heterocycles. The molecule has 0 aromatic rings. The Morgan fingerprint density at radius 2 is 1.71 bits per heavy atom. The van der Waals surface area contributed by atoms with Crippen LogP contribution in [0.1, 0.15) is 46.5 Å². The van der Waals surface area contributed by atoms with Crippen molar-refractivity contribution >= 4 is 0 Å². The molecule has 1 saturated carbocycles. The topological polar surface area (TPSA) is 29.3 Å². The summed E-state index contributed by atoms with van der Waals surface area (Å²) < 4.78 is 0. The molecule has 1 unspecified atom stereocenters. The van der Waals surface area contributed by atoms with E-state index in [4.69, 9.17) is 5.73 Å². The highest BCUT2D eigenvalue weighted by Crippen LogP contribution is 2.35. The molecule has 1 rings (SSSR count). The van der Waals surface area contributed by atoms with Crippen LogP contribution in [0, 0.1) is 5.92 Å². The maximum Gasteiger partial charge on any atom is 0.0331 e. The highest BCUT2D eigenvalue weighted by atomic mass is 15.2. The summed E-state index contributed by atoms with van der Waals surface area (Å²) in [4.78, 5) is 2.53. The van der Waals surface area contributed by atoms with Crippen LogP contribution in [0.15, 0.2) is 0 Å². The second kappa shape index (κ2) is 4.63. The summed E-state index contributed by atoms with van der Waals surface area (Å²) in [6.07, 6.45) is 5.28. The van der Waals surface area contributed by atoms with Crippen LogP contribution in [-0.4, -0.2) is 30.1 Å². The lowest BCUT2D eigenvalue weighted by molar-refractivity contribution is 0.0676. The van der Waals surface area contributed by atoms with E-state index in [0.29, 0.717) is 17.5 Å². The first-order chi connectivity index (χ1) is 6.53. The van der Waals surface area contributed by atoms with Crippen LogP contribution in [-0.2, 0) is 0 Å². The quantitative estimate of drug-likeness (QED) is 0.750. The Hall–Kier alpha value is -0.0800. The van der Waals surface area contributed by atoms with Gasteiger partial charge in [-0.15, -0.1) is 0 Å². The lowest BCUT2D eigenvalue weighted by Crippen LogP contribution is -2.54. The van der Waals surface area contributed by atoms with Crippen LogP contribution in [0.2, 0.25) is 0 Å². The Morgan fingerprint density at radius 3 is 2.07 bits per heavy atom. The minimum absolute atomic E-state index is 0.309. The van der Waals surface area contributed by atoms with Crippen molar-refractivity contribution in [1.82, 2.24) is 4.90 Å². The van der Waals surface area contributed by atoms with Gasteiger partial charge in [-0.2, -0.15) is 0 Å². The second-order valence-corrected chi connectivity index (χ2v) is 5.23. The molecular weight excluding hydrogens is 172 g/mol. The highest BCUT2D eigenvalue weighted by molar-refractivity contribution is 4.96. The zero-order chi connectivity index (χ0) is 10.8. The van der Waals surface area contributed by atoms with Gasteiger partial charge >= 0.3 is 0 Å². The predicted molar refractivity (Wildman–Crippen MR) is 62.3 cm³/mol. The molecule has 0 bridgehead atoms. The first kappa shape index (κ1) is 12.0. The molecule has 2 nitrogen and oxygen atoms in total. The molecule has 0 aromatic carbocycles. The molecule has 1 aliphatic carbocycles. The number of nitrogens with zero attached hydrogens (tertiary/aromatic N) is 1. The summed E-state index contributed by atoms with van der Waals surface area (Å²) in [6, 6.07) is 0.636. The normalized spacial score (nSPS) is 23.4. The van der Waals surface area contributed by atoms with Gasteiger partial charge in [-0.1, -0.05) is 26.7 Å². The van der Waals surface area contributed by atoms with Crippen molar-refractivity contribution in [2.24, 2.45) is 11.7 Å². The van der Waals surface area contributed by atoms with Crippen molar-refractivity contribution in [3.63, 3.8) is 0 Å². The van der Waals surface area contributed by atoms with Gasteiger partial charge in [0.05, 0.1) is 0 Å². The van der Waals surface area contributed by atoms with E-state index < -0.39 is 0 Å². The minimum atomic E-state index is 0.309. The van der Waals surface area contributed by atoms with E-state index in [1.54, 1.807) is 0 Å². The van der Waals surface area contributed by atoms with Crippen LogP contribution in [0.4, 0.5) is 0 Å². The van der Waals surface area contributed by atoms with E-state index in [1.807, 2.05) is 0 Å². The first-order valence-electron chi connectivity index (χ1n) is 5.96. The van der Waals surface area contributed by atoms with E-state index in [0.717, 1.165) is 6.54 Å². The van der Waals surface area contributed by atoms with E-state index in [9.17, 15) is 0 Å². The Labute approximate surface area is 88.8 Å². The van der Waals surface area contributed by atoms with Crippen molar-refractivity contribution in [3.8, 4) is 0 Å². The van der Waals surface area contributed by atoms with Gasteiger partial charge in [0, 0.05) is 18.1 Å². The highest BCUT2D eigenvalue weighted by Gasteiger charge is 2.38. The van der Waals surface area contributed by atoms with Gasteiger partial charge in [0.1, 0.15) is 0 Å². The summed E-state index contributed by atoms with van der Waals surface area (Å²) in [5.41, 5.74) is 6.28.